The zero-order valence-electron chi connectivity index (χ0n) is 12.3. The molecule has 0 bridgehead atoms. The van der Waals surface area contributed by atoms with Gasteiger partial charge in [-0.25, -0.2) is 4.98 Å². The minimum absolute atomic E-state index is 0.720. The quantitative estimate of drug-likeness (QED) is 0.901. The second-order valence-corrected chi connectivity index (χ2v) is 6.62. The standard InChI is InChI=1S/C16H21BrN4/c1-20-12-19-10-16(20)9-18-8-13-5-6-21(11-13)15-4-2-3-14(17)7-15/h2-4,7,10,12-13,18H,5-6,8-9,11H2,1H3. The number of benzene rings is 1. The number of nitrogens with zero attached hydrogens (tertiary/aromatic N) is 3. The van der Waals surface area contributed by atoms with Gasteiger partial charge in [0, 0.05) is 49.6 Å². The van der Waals surface area contributed by atoms with Crippen LogP contribution in [0.25, 0.3) is 0 Å². The van der Waals surface area contributed by atoms with Crippen LogP contribution in [0.3, 0.4) is 0 Å². The molecular weight excluding hydrogens is 328 g/mol. The first-order valence-corrected chi connectivity index (χ1v) is 8.18. The van der Waals surface area contributed by atoms with E-state index in [9.17, 15) is 0 Å². The van der Waals surface area contributed by atoms with Crippen molar-refractivity contribution < 1.29 is 0 Å². The molecule has 1 aromatic carbocycles. The lowest BCUT2D eigenvalue weighted by atomic mass is 10.1. The van der Waals surface area contributed by atoms with Crippen molar-refractivity contribution in [3.05, 3.63) is 47.0 Å². The third kappa shape index (κ3) is 3.66. The Balaban J connectivity index is 1.48. The van der Waals surface area contributed by atoms with Crippen molar-refractivity contribution in [2.45, 2.75) is 13.0 Å². The smallest absolute Gasteiger partial charge is 0.0945 e. The molecule has 1 N–H and O–H groups in total. The summed E-state index contributed by atoms with van der Waals surface area (Å²) >= 11 is 3.55. The Morgan fingerprint density at radius 3 is 3.10 bits per heavy atom. The lowest BCUT2D eigenvalue weighted by Crippen LogP contribution is -2.26. The van der Waals surface area contributed by atoms with Crippen LogP contribution in [-0.4, -0.2) is 29.2 Å². The third-order valence-corrected chi connectivity index (χ3v) is 4.61. The zero-order chi connectivity index (χ0) is 14.7. The van der Waals surface area contributed by atoms with Gasteiger partial charge in [-0.05, 0) is 30.5 Å². The number of aryl methyl sites for hydroxylation is 1. The molecular formula is C16H21BrN4. The third-order valence-electron chi connectivity index (χ3n) is 4.11. The molecule has 21 heavy (non-hydrogen) atoms. The Morgan fingerprint density at radius 1 is 1.43 bits per heavy atom. The van der Waals surface area contributed by atoms with Gasteiger partial charge < -0.3 is 14.8 Å². The first-order chi connectivity index (χ1) is 10.2. The molecule has 1 aliphatic heterocycles. The summed E-state index contributed by atoms with van der Waals surface area (Å²) in [5, 5.41) is 3.56. The molecule has 4 nitrogen and oxygen atoms in total. The SMILES string of the molecule is Cn1cncc1CNCC1CCN(c2cccc(Br)c2)C1. The maximum atomic E-state index is 4.14. The summed E-state index contributed by atoms with van der Waals surface area (Å²) in [7, 11) is 2.04. The highest BCUT2D eigenvalue weighted by Crippen LogP contribution is 2.25. The average Bonchev–Trinajstić information content (AvgIpc) is 3.09. The van der Waals surface area contributed by atoms with Crippen molar-refractivity contribution in [3.63, 3.8) is 0 Å². The summed E-state index contributed by atoms with van der Waals surface area (Å²) in [5.74, 6) is 0.720. The van der Waals surface area contributed by atoms with Gasteiger partial charge >= 0.3 is 0 Å². The van der Waals surface area contributed by atoms with Crippen molar-refractivity contribution in [3.8, 4) is 0 Å². The van der Waals surface area contributed by atoms with Crippen LogP contribution in [0.15, 0.2) is 41.3 Å². The highest BCUT2D eigenvalue weighted by atomic mass is 79.9. The molecule has 2 aromatic rings. The minimum atomic E-state index is 0.720. The van der Waals surface area contributed by atoms with Gasteiger partial charge in [-0.3, -0.25) is 0 Å². The number of rotatable bonds is 5. The predicted molar refractivity (Wildman–Crippen MR) is 89.4 cm³/mol. The molecule has 1 fully saturated rings. The van der Waals surface area contributed by atoms with E-state index in [2.05, 4.69) is 60.0 Å². The fourth-order valence-corrected chi connectivity index (χ4v) is 3.25. The van der Waals surface area contributed by atoms with E-state index in [1.54, 1.807) is 0 Å². The van der Waals surface area contributed by atoms with Gasteiger partial charge in [-0.15, -0.1) is 0 Å². The first kappa shape index (κ1) is 14.6. The van der Waals surface area contributed by atoms with Crippen LogP contribution < -0.4 is 10.2 Å². The Kier molecular flexibility index (Phi) is 4.60. The van der Waals surface area contributed by atoms with E-state index >= 15 is 0 Å². The fraction of sp³-hybridized carbons (Fsp3) is 0.438. The van der Waals surface area contributed by atoms with Crippen molar-refractivity contribution in [2.75, 3.05) is 24.5 Å². The number of hydrogen-bond donors (Lipinski definition) is 1. The van der Waals surface area contributed by atoms with E-state index in [1.807, 2.05) is 19.6 Å². The number of aromatic nitrogens is 2. The Morgan fingerprint density at radius 2 is 2.33 bits per heavy atom. The fourth-order valence-electron chi connectivity index (χ4n) is 2.87. The maximum absolute atomic E-state index is 4.14. The van der Waals surface area contributed by atoms with Crippen molar-refractivity contribution in [2.24, 2.45) is 13.0 Å². The molecule has 1 aromatic heterocycles. The molecule has 0 amide bonds. The Labute approximate surface area is 134 Å². The van der Waals surface area contributed by atoms with Crippen LogP contribution in [0.2, 0.25) is 0 Å². The normalized spacial score (nSPS) is 18.4. The summed E-state index contributed by atoms with van der Waals surface area (Å²) in [6.45, 7) is 4.24. The second-order valence-electron chi connectivity index (χ2n) is 5.71. The van der Waals surface area contributed by atoms with Crippen LogP contribution in [-0.2, 0) is 13.6 Å². The second kappa shape index (κ2) is 6.62. The monoisotopic (exact) mass is 348 g/mol. The average molecular weight is 349 g/mol. The van der Waals surface area contributed by atoms with Crippen LogP contribution in [0.5, 0.6) is 0 Å². The van der Waals surface area contributed by atoms with E-state index in [4.69, 9.17) is 0 Å². The van der Waals surface area contributed by atoms with Crippen molar-refractivity contribution in [1.29, 1.82) is 0 Å². The van der Waals surface area contributed by atoms with Crippen molar-refractivity contribution in [1.82, 2.24) is 14.9 Å². The molecule has 3 rings (SSSR count). The highest BCUT2D eigenvalue weighted by Gasteiger charge is 2.22. The van der Waals surface area contributed by atoms with Gasteiger partial charge in [0.2, 0.25) is 0 Å². The molecule has 0 saturated carbocycles. The van der Waals surface area contributed by atoms with Crippen molar-refractivity contribution >= 4 is 21.6 Å². The maximum Gasteiger partial charge on any atom is 0.0945 e. The molecule has 1 aliphatic rings. The summed E-state index contributed by atoms with van der Waals surface area (Å²) in [4.78, 5) is 6.62. The van der Waals surface area contributed by atoms with E-state index < -0.39 is 0 Å². The zero-order valence-corrected chi connectivity index (χ0v) is 13.9. The minimum Gasteiger partial charge on any atom is -0.371 e. The van der Waals surface area contributed by atoms with Crippen LogP contribution in [0, 0.1) is 5.92 Å². The summed E-state index contributed by atoms with van der Waals surface area (Å²) in [6, 6.07) is 8.57. The van der Waals surface area contributed by atoms with E-state index in [0.717, 1.165) is 36.6 Å². The molecule has 0 radical (unpaired) electrons. The first-order valence-electron chi connectivity index (χ1n) is 7.39. The van der Waals surface area contributed by atoms with Gasteiger partial charge in [0.1, 0.15) is 0 Å². The summed E-state index contributed by atoms with van der Waals surface area (Å²) in [5.41, 5.74) is 2.55. The van der Waals surface area contributed by atoms with Gasteiger partial charge in [-0.1, -0.05) is 22.0 Å². The Bertz CT molecular complexity index is 595. The predicted octanol–water partition coefficient (Wildman–Crippen LogP) is 2.80. The van der Waals surface area contributed by atoms with Gasteiger partial charge in [0.15, 0.2) is 0 Å². The molecule has 0 aliphatic carbocycles. The van der Waals surface area contributed by atoms with E-state index in [1.165, 1.54) is 17.8 Å². The molecule has 0 spiro atoms. The number of nitrogens with one attached hydrogen (secondary N) is 1. The number of anilines is 1. The molecule has 1 saturated heterocycles. The summed E-state index contributed by atoms with van der Waals surface area (Å²) in [6.07, 6.45) is 5.03. The number of hydrogen-bond acceptors (Lipinski definition) is 3. The molecule has 112 valence electrons. The van der Waals surface area contributed by atoms with E-state index in [-0.39, 0.29) is 0 Å². The number of imidazole rings is 1. The summed E-state index contributed by atoms with van der Waals surface area (Å²) < 4.78 is 3.22. The lowest BCUT2D eigenvalue weighted by molar-refractivity contribution is 0.510. The highest BCUT2D eigenvalue weighted by molar-refractivity contribution is 9.10. The van der Waals surface area contributed by atoms with E-state index in [0.29, 0.717) is 0 Å². The van der Waals surface area contributed by atoms with Crippen LogP contribution in [0.4, 0.5) is 5.69 Å². The molecule has 5 heteroatoms. The molecule has 2 heterocycles. The topological polar surface area (TPSA) is 33.1 Å². The molecule has 1 unspecified atom stereocenters. The Hall–Kier alpha value is -1.33. The van der Waals surface area contributed by atoms with Gasteiger partial charge in [0.05, 0.1) is 12.0 Å². The molecule has 1 atom stereocenters. The van der Waals surface area contributed by atoms with Gasteiger partial charge in [0.25, 0.3) is 0 Å². The van der Waals surface area contributed by atoms with Gasteiger partial charge in [-0.2, -0.15) is 0 Å². The largest absolute Gasteiger partial charge is 0.371 e. The lowest BCUT2D eigenvalue weighted by Gasteiger charge is -2.19. The van der Waals surface area contributed by atoms with Crippen LogP contribution in [0.1, 0.15) is 12.1 Å². The van der Waals surface area contributed by atoms with Crippen LogP contribution >= 0.6 is 15.9 Å². The number of halogens is 1.